The lowest BCUT2D eigenvalue weighted by Gasteiger charge is -2.31. The van der Waals surface area contributed by atoms with E-state index in [4.69, 9.17) is 0 Å². The predicted octanol–water partition coefficient (Wildman–Crippen LogP) is 4.30. The molecule has 3 heterocycles. The van der Waals surface area contributed by atoms with Crippen LogP contribution in [0.15, 0.2) is 73.3 Å². The first-order chi connectivity index (χ1) is 16.1. The Morgan fingerprint density at radius 1 is 0.970 bits per heavy atom. The number of Topliss-reactive ketones (excluding diaryl/α,β-unsaturated/α-hetero) is 1. The number of imidazole rings is 1. The average molecular weight is 439 g/mol. The summed E-state index contributed by atoms with van der Waals surface area (Å²) in [6.07, 6.45) is 7.21. The molecule has 6 nitrogen and oxygen atoms in total. The molecule has 0 radical (unpaired) electrons. The molecule has 1 aliphatic rings. The number of nitrogens with zero attached hydrogens (tertiary/aromatic N) is 4. The number of hydrogen-bond donors (Lipinski definition) is 0. The zero-order valence-electron chi connectivity index (χ0n) is 18.6. The van der Waals surface area contributed by atoms with Gasteiger partial charge in [0.05, 0.1) is 18.2 Å². The predicted molar refractivity (Wildman–Crippen MR) is 128 cm³/mol. The largest absolute Gasteiger partial charge is 0.339 e. The SMILES string of the molecule is Cn1cncc1-c1ccc2cnc(CC(=O)C3CCN(C(=O)c4ccccc4)CC3)cc2c1. The number of benzene rings is 2. The quantitative estimate of drug-likeness (QED) is 0.466. The second-order valence-electron chi connectivity index (χ2n) is 8.70. The summed E-state index contributed by atoms with van der Waals surface area (Å²) in [4.78, 5) is 36.2. The van der Waals surface area contributed by atoms with Crippen LogP contribution in [0.2, 0.25) is 0 Å². The number of carbonyl (C=O) groups excluding carboxylic acids is 2. The summed E-state index contributed by atoms with van der Waals surface area (Å²) in [7, 11) is 1.97. The van der Waals surface area contributed by atoms with Crippen LogP contribution in [0.25, 0.3) is 22.0 Å². The Labute approximate surface area is 192 Å². The molecule has 166 valence electrons. The first-order valence-electron chi connectivity index (χ1n) is 11.3. The van der Waals surface area contributed by atoms with Crippen LogP contribution in [-0.4, -0.2) is 44.2 Å². The van der Waals surface area contributed by atoms with Crippen molar-refractivity contribution >= 4 is 22.5 Å². The fraction of sp³-hybridized carbons (Fsp3) is 0.259. The van der Waals surface area contributed by atoms with Crippen LogP contribution in [0.4, 0.5) is 0 Å². The summed E-state index contributed by atoms with van der Waals surface area (Å²) < 4.78 is 1.99. The molecule has 0 spiro atoms. The van der Waals surface area contributed by atoms with E-state index < -0.39 is 0 Å². The lowest BCUT2D eigenvalue weighted by molar-refractivity contribution is -0.123. The van der Waals surface area contributed by atoms with Crippen molar-refractivity contribution in [3.63, 3.8) is 0 Å². The van der Waals surface area contributed by atoms with Crippen LogP contribution in [0, 0.1) is 5.92 Å². The zero-order chi connectivity index (χ0) is 22.8. The van der Waals surface area contributed by atoms with Crippen LogP contribution in [-0.2, 0) is 18.3 Å². The van der Waals surface area contributed by atoms with Crippen LogP contribution in [0.5, 0.6) is 0 Å². The molecule has 0 saturated carbocycles. The molecule has 0 atom stereocenters. The van der Waals surface area contributed by atoms with Crippen molar-refractivity contribution in [2.75, 3.05) is 13.1 Å². The summed E-state index contributed by atoms with van der Waals surface area (Å²) in [5, 5.41) is 2.11. The summed E-state index contributed by atoms with van der Waals surface area (Å²) in [6.45, 7) is 1.23. The molecule has 6 heteroatoms. The molecular weight excluding hydrogens is 412 g/mol. The van der Waals surface area contributed by atoms with Crippen molar-refractivity contribution in [1.29, 1.82) is 0 Å². The maximum atomic E-state index is 13.0. The van der Waals surface area contributed by atoms with E-state index in [9.17, 15) is 9.59 Å². The number of likely N-dealkylation sites (tertiary alicyclic amines) is 1. The normalized spacial score (nSPS) is 14.5. The first-order valence-corrected chi connectivity index (χ1v) is 11.3. The van der Waals surface area contributed by atoms with Gasteiger partial charge in [-0.3, -0.25) is 14.6 Å². The highest BCUT2D eigenvalue weighted by atomic mass is 16.2. The number of carbonyl (C=O) groups is 2. The Kier molecular flexibility index (Phi) is 5.73. The first kappa shape index (κ1) is 21.1. The summed E-state index contributed by atoms with van der Waals surface area (Å²) in [5.41, 5.74) is 3.62. The maximum absolute atomic E-state index is 13.0. The third-order valence-corrected chi connectivity index (χ3v) is 6.50. The van der Waals surface area contributed by atoms with Crippen molar-refractivity contribution in [3.05, 3.63) is 84.6 Å². The molecule has 0 bridgehead atoms. The third-order valence-electron chi connectivity index (χ3n) is 6.50. The van der Waals surface area contributed by atoms with Crippen molar-refractivity contribution in [2.45, 2.75) is 19.3 Å². The van der Waals surface area contributed by atoms with Gasteiger partial charge in [0, 0.05) is 60.9 Å². The fourth-order valence-electron chi connectivity index (χ4n) is 4.57. The number of aryl methyl sites for hydroxylation is 1. The van der Waals surface area contributed by atoms with Gasteiger partial charge in [-0.05, 0) is 42.5 Å². The van der Waals surface area contributed by atoms with Gasteiger partial charge in [-0.15, -0.1) is 0 Å². The number of amides is 1. The lowest BCUT2D eigenvalue weighted by atomic mass is 9.89. The monoisotopic (exact) mass is 438 g/mol. The number of hydrogen-bond acceptors (Lipinski definition) is 4. The zero-order valence-corrected chi connectivity index (χ0v) is 18.6. The minimum Gasteiger partial charge on any atom is -0.339 e. The number of pyridine rings is 1. The van der Waals surface area contributed by atoms with Crippen LogP contribution < -0.4 is 0 Å². The molecule has 1 fully saturated rings. The number of rotatable bonds is 5. The summed E-state index contributed by atoms with van der Waals surface area (Å²) in [5.74, 6) is 0.224. The highest BCUT2D eigenvalue weighted by Gasteiger charge is 2.27. The molecule has 2 aromatic carbocycles. The Morgan fingerprint density at radius 2 is 1.76 bits per heavy atom. The maximum Gasteiger partial charge on any atom is 0.253 e. The standard InChI is InChI=1S/C27H26N4O2/c1-30-18-28-17-25(30)21-7-8-22-16-29-24(14-23(22)13-21)15-26(32)19-9-11-31(12-10-19)27(33)20-5-3-2-4-6-20/h2-8,13-14,16-19H,9-12,15H2,1H3. The van der Waals surface area contributed by atoms with Gasteiger partial charge in [0.15, 0.2) is 0 Å². The molecule has 0 N–H and O–H groups in total. The molecule has 1 saturated heterocycles. The molecule has 0 aliphatic carbocycles. The van der Waals surface area contributed by atoms with Gasteiger partial charge in [-0.1, -0.05) is 30.3 Å². The van der Waals surface area contributed by atoms with Crippen molar-refractivity contribution < 1.29 is 9.59 Å². The summed E-state index contributed by atoms with van der Waals surface area (Å²) in [6, 6.07) is 17.6. The molecule has 1 amide bonds. The molecular formula is C27H26N4O2. The van der Waals surface area contributed by atoms with E-state index in [0.29, 0.717) is 37.9 Å². The van der Waals surface area contributed by atoms with Gasteiger partial charge >= 0.3 is 0 Å². The van der Waals surface area contributed by atoms with Crippen molar-refractivity contribution in [1.82, 2.24) is 19.4 Å². The molecule has 5 rings (SSSR count). The number of aromatic nitrogens is 3. The van der Waals surface area contributed by atoms with E-state index >= 15 is 0 Å². The molecule has 4 aromatic rings. The minimum absolute atomic E-state index is 0.0249. The van der Waals surface area contributed by atoms with Crippen LogP contribution >= 0.6 is 0 Å². The van der Waals surface area contributed by atoms with E-state index in [0.717, 1.165) is 27.7 Å². The van der Waals surface area contributed by atoms with E-state index in [-0.39, 0.29) is 17.6 Å². The third kappa shape index (κ3) is 4.42. The number of piperidine rings is 1. The van der Waals surface area contributed by atoms with Crippen LogP contribution in [0.3, 0.4) is 0 Å². The van der Waals surface area contributed by atoms with Gasteiger partial charge in [0.25, 0.3) is 5.91 Å². The van der Waals surface area contributed by atoms with E-state index in [1.54, 1.807) is 6.33 Å². The molecule has 2 aromatic heterocycles. The minimum atomic E-state index is -0.0249. The Morgan fingerprint density at radius 3 is 2.48 bits per heavy atom. The van der Waals surface area contributed by atoms with Gasteiger partial charge in [-0.25, -0.2) is 4.98 Å². The topological polar surface area (TPSA) is 68.1 Å². The van der Waals surface area contributed by atoms with E-state index in [1.165, 1.54) is 0 Å². The van der Waals surface area contributed by atoms with Gasteiger partial charge in [0.1, 0.15) is 5.78 Å². The Hall–Kier alpha value is -3.80. The number of ketones is 1. The molecule has 1 aliphatic heterocycles. The van der Waals surface area contributed by atoms with Crippen LogP contribution in [0.1, 0.15) is 28.9 Å². The average Bonchev–Trinajstić information content (AvgIpc) is 3.29. The lowest BCUT2D eigenvalue weighted by Crippen LogP contribution is -2.40. The van der Waals surface area contributed by atoms with Gasteiger partial charge in [-0.2, -0.15) is 0 Å². The van der Waals surface area contributed by atoms with E-state index in [1.807, 2.05) is 65.3 Å². The Bertz CT molecular complexity index is 1300. The van der Waals surface area contributed by atoms with Crippen molar-refractivity contribution in [2.24, 2.45) is 13.0 Å². The second kappa shape index (κ2) is 8.98. The van der Waals surface area contributed by atoms with Gasteiger partial charge < -0.3 is 9.47 Å². The van der Waals surface area contributed by atoms with Gasteiger partial charge in [0.2, 0.25) is 0 Å². The van der Waals surface area contributed by atoms with E-state index in [2.05, 4.69) is 28.2 Å². The highest BCUT2D eigenvalue weighted by Crippen LogP contribution is 2.25. The Balaban J connectivity index is 1.25. The second-order valence-corrected chi connectivity index (χ2v) is 8.70. The number of fused-ring (bicyclic) bond motifs is 1. The molecule has 0 unspecified atom stereocenters. The molecule has 33 heavy (non-hydrogen) atoms. The summed E-state index contributed by atoms with van der Waals surface area (Å²) >= 11 is 0. The smallest absolute Gasteiger partial charge is 0.253 e. The van der Waals surface area contributed by atoms with Crippen molar-refractivity contribution in [3.8, 4) is 11.3 Å². The highest BCUT2D eigenvalue weighted by molar-refractivity contribution is 5.94. The fourth-order valence-corrected chi connectivity index (χ4v) is 4.57.